The Kier molecular flexibility index (Phi) is 4.18. The highest BCUT2D eigenvalue weighted by molar-refractivity contribution is 7.93. The smallest absolute Gasteiger partial charge is 0.266 e. The summed E-state index contributed by atoms with van der Waals surface area (Å²) in [5.74, 6) is -0.636. The molecule has 0 atom stereocenters. The summed E-state index contributed by atoms with van der Waals surface area (Å²) in [6.07, 6.45) is 0. The van der Waals surface area contributed by atoms with Crippen LogP contribution in [0.4, 0.5) is 15.8 Å². The lowest BCUT2D eigenvalue weighted by atomic mass is 10.2. The molecule has 0 saturated heterocycles. The van der Waals surface area contributed by atoms with E-state index in [2.05, 4.69) is 0 Å². The molecule has 0 spiro atoms. The Morgan fingerprint density at radius 1 is 1.14 bits per heavy atom. The monoisotopic (exact) mass is 308 g/mol. The SMILES string of the molecule is CCN(c1ccc(C)cc1)S(=O)(=O)c1cc(F)ccc1N. The Hall–Kier alpha value is -2.08. The highest BCUT2D eigenvalue weighted by atomic mass is 32.2. The summed E-state index contributed by atoms with van der Waals surface area (Å²) in [5, 5.41) is 0. The molecule has 0 heterocycles. The van der Waals surface area contributed by atoms with E-state index in [0.29, 0.717) is 5.69 Å². The molecule has 0 fully saturated rings. The molecule has 6 heteroatoms. The van der Waals surface area contributed by atoms with E-state index >= 15 is 0 Å². The van der Waals surface area contributed by atoms with Crippen molar-refractivity contribution >= 4 is 21.4 Å². The molecule has 4 nitrogen and oxygen atoms in total. The number of halogens is 1. The van der Waals surface area contributed by atoms with Crippen LogP contribution in [0.1, 0.15) is 12.5 Å². The first-order valence-corrected chi connectivity index (χ1v) is 7.94. The van der Waals surface area contributed by atoms with Gasteiger partial charge in [-0.1, -0.05) is 17.7 Å². The third kappa shape index (κ3) is 3.00. The van der Waals surface area contributed by atoms with Gasteiger partial charge in [-0.05, 0) is 44.2 Å². The van der Waals surface area contributed by atoms with Crippen LogP contribution in [-0.2, 0) is 10.0 Å². The third-order valence-corrected chi connectivity index (χ3v) is 5.11. The van der Waals surface area contributed by atoms with Gasteiger partial charge in [-0.25, -0.2) is 12.8 Å². The van der Waals surface area contributed by atoms with Crippen molar-refractivity contribution < 1.29 is 12.8 Å². The van der Waals surface area contributed by atoms with Gasteiger partial charge in [0, 0.05) is 6.54 Å². The summed E-state index contributed by atoms with van der Waals surface area (Å²) >= 11 is 0. The van der Waals surface area contributed by atoms with Crippen molar-refractivity contribution in [2.45, 2.75) is 18.7 Å². The first-order valence-electron chi connectivity index (χ1n) is 6.50. The van der Waals surface area contributed by atoms with Crippen LogP contribution in [0, 0.1) is 12.7 Å². The topological polar surface area (TPSA) is 63.4 Å². The summed E-state index contributed by atoms with van der Waals surface area (Å²) in [6.45, 7) is 3.85. The molecule has 2 N–H and O–H groups in total. The molecule has 0 unspecified atom stereocenters. The van der Waals surface area contributed by atoms with Crippen LogP contribution in [-0.4, -0.2) is 15.0 Å². The van der Waals surface area contributed by atoms with Crippen LogP contribution in [0.15, 0.2) is 47.4 Å². The second-order valence-electron chi connectivity index (χ2n) is 4.69. The lowest BCUT2D eigenvalue weighted by Crippen LogP contribution is -2.31. The first kappa shape index (κ1) is 15.3. The van der Waals surface area contributed by atoms with E-state index in [9.17, 15) is 12.8 Å². The second kappa shape index (κ2) is 5.73. The molecule has 2 aromatic carbocycles. The molecular weight excluding hydrogens is 291 g/mol. The minimum Gasteiger partial charge on any atom is -0.398 e. The zero-order valence-electron chi connectivity index (χ0n) is 11.9. The predicted octanol–water partition coefficient (Wildman–Crippen LogP) is 2.93. The fourth-order valence-electron chi connectivity index (χ4n) is 2.05. The normalized spacial score (nSPS) is 11.4. The average molecular weight is 308 g/mol. The molecule has 0 bridgehead atoms. The highest BCUT2D eigenvalue weighted by Crippen LogP contribution is 2.27. The molecule has 0 radical (unpaired) electrons. The summed E-state index contributed by atoms with van der Waals surface area (Å²) in [5.41, 5.74) is 7.27. The third-order valence-electron chi connectivity index (χ3n) is 3.15. The summed E-state index contributed by atoms with van der Waals surface area (Å²) < 4.78 is 40.0. The lowest BCUT2D eigenvalue weighted by molar-refractivity contribution is 0.587. The van der Waals surface area contributed by atoms with Gasteiger partial charge >= 0.3 is 0 Å². The fraction of sp³-hybridized carbons (Fsp3) is 0.200. The van der Waals surface area contributed by atoms with E-state index in [1.54, 1.807) is 19.1 Å². The number of hydrogen-bond acceptors (Lipinski definition) is 3. The van der Waals surface area contributed by atoms with Crippen molar-refractivity contribution in [2.24, 2.45) is 0 Å². The van der Waals surface area contributed by atoms with E-state index in [1.165, 1.54) is 10.4 Å². The van der Waals surface area contributed by atoms with Crippen molar-refractivity contribution in [1.29, 1.82) is 0 Å². The first-order chi connectivity index (χ1) is 9.86. The average Bonchev–Trinajstić information content (AvgIpc) is 2.44. The second-order valence-corrected chi connectivity index (χ2v) is 6.52. The van der Waals surface area contributed by atoms with E-state index in [1.807, 2.05) is 19.1 Å². The molecule has 0 aliphatic heterocycles. The van der Waals surface area contributed by atoms with E-state index < -0.39 is 15.8 Å². The largest absolute Gasteiger partial charge is 0.398 e. The molecule has 0 saturated carbocycles. The number of benzene rings is 2. The van der Waals surface area contributed by atoms with Gasteiger partial charge < -0.3 is 5.73 Å². The molecule has 0 amide bonds. The minimum atomic E-state index is -3.90. The van der Waals surface area contributed by atoms with Crippen molar-refractivity contribution in [3.05, 3.63) is 53.8 Å². The maximum Gasteiger partial charge on any atom is 0.266 e. The van der Waals surface area contributed by atoms with Gasteiger partial charge in [0.2, 0.25) is 0 Å². The Morgan fingerprint density at radius 3 is 2.33 bits per heavy atom. The Morgan fingerprint density at radius 2 is 1.76 bits per heavy atom. The number of nitrogens with zero attached hydrogens (tertiary/aromatic N) is 1. The summed E-state index contributed by atoms with van der Waals surface area (Å²) in [4.78, 5) is -0.218. The molecule has 0 aliphatic rings. The summed E-state index contributed by atoms with van der Waals surface area (Å²) in [7, 11) is -3.90. The zero-order valence-corrected chi connectivity index (χ0v) is 12.7. The van der Waals surface area contributed by atoms with Crippen molar-refractivity contribution in [3.8, 4) is 0 Å². The van der Waals surface area contributed by atoms with E-state index in [4.69, 9.17) is 5.73 Å². The molecule has 21 heavy (non-hydrogen) atoms. The number of aryl methyl sites for hydroxylation is 1. The zero-order chi connectivity index (χ0) is 15.6. The number of nitrogen functional groups attached to an aromatic ring is 1. The van der Waals surface area contributed by atoms with Gasteiger partial charge in [0.15, 0.2) is 0 Å². The Balaban J connectivity index is 2.54. The quantitative estimate of drug-likeness (QED) is 0.883. The van der Waals surface area contributed by atoms with Crippen LogP contribution in [0.2, 0.25) is 0 Å². The van der Waals surface area contributed by atoms with Crippen molar-refractivity contribution in [3.63, 3.8) is 0 Å². The maximum absolute atomic E-state index is 13.4. The van der Waals surface area contributed by atoms with Crippen LogP contribution < -0.4 is 10.0 Å². The van der Waals surface area contributed by atoms with Gasteiger partial charge in [-0.15, -0.1) is 0 Å². The lowest BCUT2D eigenvalue weighted by Gasteiger charge is -2.23. The summed E-state index contributed by atoms with van der Waals surface area (Å²) in [6, 6.07) is 10.4. The standard InChI is InChI=1S/C15H17FN2O2S/c1-3-18(13-7-4-11(2)5-8-13)21(19,20)15-10-12(16)6-9-14(15)17/h4-10H,3,17H2,1-2H3. The molecule has 112 valence electrons. The number of nitrogens with two attached hydrogens (primary N) is 1. The van der Waals surface area contributed by atoms with Crippen LogP contribution in [0.5, 0.6) is 0 Å². The molecule has 0 aliphatic carbocycles. The molecular formula is C15H17FN2O2S. The van der Waals surface area contributed by atoms with Gasteiger partial charge in [0.1, 0.15) is 10.7 Å². The Labute approximate surface area is 124 Å². The number of anilines is 2. The number of hydrogen-bond donors (Lipinski definition) is 1. The van der Waals surface area contributed by atoms with E-state index in [0.717, 1.165) is 17.7 Å². The predicted molar refractivity (Wildman–Crippen MR) is 82.2 cm³/mol. The van der Waals surface area contributed by atoms with Gasteiger partial charge in [-0.2, -0.15) is 0 Å². The number of sulfonamides is 1. The van der Waals surface area contributed by atoms with Crippen molar-refractivity contribution in [1.82, 2.24) is 0 Å². The van der Waals surface area contributed by atoms with Crippen molar-refractivity contribution in [2.75, 3.05) is 16.6 Å². The minimum absolute atomic E-state index is 0.0296. The fourth-order valence-corrected chi connectivity index (χ4v) is 3.66. The maximum atomic E-state index is 13.4. The molecule has 2 aromatic rings. The van der Waals surface area contributed by atoms with Gasteiger partial charge in [0.25, 0.3) is 10.0 Å². The van der Waals surface area contributed by atoms with Crippen LogP contribution >= 0.6 is 0 Å². The van der Waals surface area contributed by atoms with Crippen LogP contribution in [0.3, 0.4) is 0 Å². The molecule has 0 aromatic heterocycles. The van der Waals surface area contributed by atoms with Gasteiger partial charge in [-0.3, -0.25) is 4.31 Å². The number of rotatable bonds is 4. The highest BCUT2D eigenvalue weighted by Gasteiger charge is 2.26. The Bertz CT molecular complexity index is 743. The van der Waals surface area contributed by atoms with E-state index in [-0.39, 0.29) is 17.1 Å². The van der Waals surface area contributed by atoms with Crippen LogP contribution in [0.25, 0.3) is 0 Å². The van der Waals surface area contributed by atoms with Gasteiger partial charge in [0.05, 0.1) is 11.4 Å². The molecule has 2 rings (SSSR count).